The van der Waals surface area contributed by atoms with Crippen LogP contribution in [0.2, 0.25) is 0 Å². The van der Waals surface area contributed by atoms with E-state index in [2.05, 4.69) is 5.32 Å². The van der Waals surface area contributed by atoms with Gasteiger partial charge in [-0.15, -0.1) is 0 Å². The van der Waals surface area contributed by atoms with E-state index in [1.54, 1.807) is 31.4 Å². The number of carboxylic acid groups (broad SMARTS) is 1. The second-order valence-corrected chi connectivity index (χ2v) is 3.72. The molecule has 0 aliphatic heterocycles. The van der Waals surface area contributed by atoms with Gasteiger partial charge in [-0.05, 0) is 24.6 Å². The number of methoxy groups -OCH3 is 1. The van der Waals surface area contributed by atoms with Gasteiger partial charge in [0.05, 0.1) is 13.2 Å². The number of hydrogen-bond donors (Lipinski definition) is 2. The van der Waals surface area contributed by atoms with Crippen molar-refractivity contribution in [3.8, 4) is 5.75 Å². The Bertz CT molecular complexity index is 364. The predicted molar refractivity (Wildman–Crippen MR) is 67.9 cm³/mol. The Balaban J connectivity index is 2.69. The lowest BCUT2D eigenvalue weighted by atomic mass is 10.1. The minimum absolute atomic E-state index is 0.473. The van der Waals surface area contributed by atoms with E-state index in [4.69, 9.17) is 14.6 Å². The predicted octanol–water partition coefficient (Wildman–Crippen LogP) is 1.45. The van der Waals surface area contributed by atoms with Crippen molar-refractivity contribution in [1.29, 1.82) is 0 Å². The van der Waals surface area contributed by atoms with Crippen molar-refractivity contribution in [3.63, 3.8) is 0 Å². The van der Waals surface area contributed by atoms with Crippen LogP contribution in [0.1, 0.15) is 18.5 Å². The first kappa shape index (κ1) is 14.5. The normalized spacial score (nSPS) is 12.1. The Morgan fingerprint density at radius 1 is 1.39 bits per heavy atom. The average molecular weight is 253 g/mol. The summed E-state index contributed by atoms with van der Waals surface area (Å²) in [5, 5.41) is 12.1. The highest BCUT2D eigenvalue weighted by Crippen LogP contribution is 2.18. The van der Waals surface area contributed by atoms with E-state index in [0.29, 0.717) is 25.3 Å². The van der Waals surface area contributed by atoms with Crippen LogP contribution in [-0.4, -0.2) is 37.9 Å². The van der Waals surface area contributed by atoms with Crippen LogP contribution in [-0.2, 0) is 9.53 Å². The van der Waals surface area contributed by atoms with Gasteiger partial charge < -0.3 is 14.6 Å². The van der Waals surface area contributed by atoms with Gasteiger partial charge in [0.25, 0.3) is 0 Å². The monoisotopic (exact) mass is 253 g/mol. The van der Waals surface area contributed by atoms with Crippen molar-refractivity contribution in [1.82, 2.24) is 5.32 Å². The van der Waals surface area contributed by atoms with Gasteiger partial charge >= 0.3 is 5.97 Å². The second kappa shape index (κ2) is 7.68. The van der Waals surface area contributed by atoms with Gasteiger partial charge in [0.1, 0.15) is 11.8 Å². The number of carbonyl (C=O) groups is 1. The number of carboxylic acids is 1. The molecule has 1 atom stereocenters. The third-order valence-electron chi connectivity index (χ3n) is 2.43. The summed E-state index contributed by atoms with van der Waals surface area (Å²) in [6.45, 7) is 3.45. The average Bonchev–Trinajstić information content (AvgIpc) is 2.36. The molecule has 5 nitrogen and oxygen atoms in total. The molecule has 100 valence electrons. The lowest BCUT2D eigenvalue weighted by Crippen LogP contribution is -2.30. The molecule has 0 heterocycles. The van der Waals surface area contributed by atoms with Crippen molar-refractivity contribution in [2.45, 2.75) is 13.0 Å². The molecule has 0 spiro atoms. The number of rotatable bonds is 8. The molecule has 2 N–H and O–H groups in total. The molecule has 1 rings (SSSR count). The number of aliphatic carboxylic acids is 1. The Morgan fingerprint density at radius 2 is 2.06 bits per heavy atom. The minimum atomic E-state index is -0.907. The lowest BCUT2D eigenvalue weighted by Gasteiger charge is -2.15. The van der Waals surface area contributed by atoms with Gasteiger partial charge in [0, 0.05) is 13.7 Å². The summed E-state index contributed by atoms with van der Waals surface area (Å²) in [5.74, 6) is -0.169. The molecule has 0 aromatic heterocycles. The molecule has 0 aliphatic carbocycles. The maximum absolute atomic E-state index is 11.2. The highest BCUT2D eigenvalue weighted by molar-refractivity contribution is 5.75. The molecule has 0 saturated carbocycles. The van der Waals surface area contributed by atoms with Crippen molar-refractivity contribution < 1.29 is 19.4 Å². The van der Waals surface area contributed by atoms with E-state index in [0.717, 1.165) is 5.75 Å². The van der Waals surface area contributed by atoms with Crippen LogP contribution >= 0.6 is 0 Å². The molecular formula is C13H19NO4. The molecule has 0 aliphatic rings. The van der Waals surface area contributed by atoms with Crippen LogP contribution < -0.4 is 10.1 Å². The minimum Gasteiger partial charge on any atom is -0.494 e. The smallest absolute Gasteiger partial charge is 0.325 e. The number of hydrogen-bond acceptors (Lipinski definition) is 4. The number of nitrogens with one attached hydrogen (secondary N) is 1. The zero-order chi connectivity index (χ0) is 13.4. The quantitative estimate of drug-likeness (QED) is 0.686. The fourth-order valence-electron chi connectivity index (χ4n) is 1.58. The fourth-order valence-corrected chi connectivity index (χ4v) is 1.58. The molecular weight excluding hydrogens is 234 g/mol. The zero-order valence-corrected chi connectivity index (χ0v) is 10.7. The Morgan fingerprint density at radius 3 is 2.56 bits per heavy atom. The molecule has 0 radical (unpaired) electrons. The van der Waals surface area contributed by atoms with Crippen molar-refractivity contribution >= 4 is 5.97 Å². The number of ether oxygens (including phenoxy) is 2. The van der Waals surface area contributed by atoms with Crippen LogP contribution in [0, 0.1) is 0 Å². The largest absolute Gasteiger partial charge is 0.494 e. The van der Waals surface area contributed by atoms with Crippen LogP contribution in [0.3, 0.4) is 0 Å². The van der Waals surface area contributed by atoms with Gasteiger partial charge in [-0.2, -0.15) is 0 Å². The van der Waals surface area contributed by atoms with Gasteiger partial charge in [0.2, 0.25) is 0 Å². The van der Waals surface area contributed by atoms with Crippen molar-refractivity contribution in [3.05, 3.63) is 29.8 Å². The van der Waals surface area contributed by atoms with E-state index < -0.39 is 12.0 Å². The summed E-state index contributed by atoms with van der Waals surface area (Å²) in [4.78, 5) is 11.2. The first-order valence-corrected chi connectivity index (χ1v) is 5.87. The third kappa shape index (κ3) is 4.35. The van der Waals surface area contributed by atoms with E-state index in [1.807, 2.05) is 6.92 Å². The molecule has 0 fully saturated rings. The Hall–Kier alpha value is -1.59. The van der Waals surface area contributed by atoms with E-state index in [9.17, 15) is 4.79 Å². The Labute approximate surface area is 107 Å². The van der Waals surface area contributed by atoms with E-state index in [1.165, 1.54) is 0 Å². The standard InChI is InChI=1S/C13H19NO4/c1-3-18-11-6-4-10(5-7-11)12(13(15)16)14-8-9-17-2/h4-7,12,14H,3,8-9H2,1-2H3,(H,15,16). The van der Waals surface area contributed by atoms with Crippen LogP contribution in [0.15, 0.2) is 24.3 Å². The summed E-state index contributed by atoms with van der Waals surface area (Å²) in [6.07, 6.45) is 0. The van der Waals surface area contributed by atoms with Crippen LogP contribution in [0.4, 0.5) is 0 Å². The summed E-state index contributed by atoms with van der Waals surface area (Å²) in [7, 11) is 1.58. The molecule has 5 heteroatoms. The molecule has 1 aromatic carbocycles. The summed E-state index contributed by atoms with van der Waals surface area (Å²) in [5.41, 5.74) is 0.696. The summed E-state index contributed by atoms with van der Waals surface area (Å²) < 4.78 is 10.2. The van der Waals surface area contributed by atoms with Crippen molar-refractivity contribution in [2.24, 2.45) is 0 Å². The van der Waals surface area contributed by atoms with Gasteiger partial charge in [-0.1, -0.05) is 12.1 Å². The lowest BCUT2D eigenvalue weighted by molar-refractivity contribution is -0.139. The SMILES string of the molecule is CCOc1ccc(C(NCCOC)C(=O)O)cc1. The molecule has 0 bridgehead atoms. The molecule has 0 saturated heterocycles. The molecule has 1 aromatic rings. The molecule has 1 unspecified atom stereocenters. The maximum atomic E-state index is 11.2. The van der Waals surface area contributed by atoms with Crippen molar-refractivity contribution in [2.75, 3.05) is 26.9 Å². The highest BCUT2D eigenvalue weighted by Gasteiger charge is 2.18. The van der Waals surface area contributed by atoms with Crippen LogP contribution in [0.5, 0.6) is 5.75 Å². The summed E-state index contributed by atoms with van der Waals surface area (Å²) >= 11 is 0. The highest BCUT2D eigenvalue weighted by atomic mass is 16.5. The summed E-state index contributed by atoms with van der Waals surface area (Å²) in [6, 6.07) is 6.32. The topological polar surface area (TPSA) is 67.8 Å². The first-order valence-electron chi connectivity index (χ1n) is 5.87. The van der Waals surface area contributed by atoms with Gasteiger partial charge in [0.15, 0.2) is 0 Å². The molecule has 0 amide bonds. The zero-order valence-electron chi connectivity index (χ0n) is 10.7. The molecule has 18 heavy (non-hydrogen) atoms. The first-order chi connectivity index (χ1) is 8.69. The van der Waals surface area contributed by atoms with E-state index >= 15 is 0 Å². The number of benzene rings is 1. The maximum Gasteiger partial charge on any atom is 0.325 e. The van der Waals surface area contributed by atoms with E-state index in [-0.39, 0.29) is 0 Å². The second-order valence-electron chi connectivity index (χ2n) is 3.72. The Kier molecular flexibility index (Phi) is 6.18. The third-order valence-corrected chi connectivity index (χ3v) is 2.43. The fraction of sp³-hybridized carbons (Fsp3) is 0.462. The van der Waals surface area contributed by atoms with Gasteiger partial charge in [-0.25, -0.2) is 0 Å². The van der Waals surface area contributed by atoms with Crippen LogP contribution in [0.25, 0.3) is 0 Å². The van der Waals surface area contributed by atoms with Gasteiger partial charge in [-0.3, -0.25) is 10.1 Å².